The summed E-state index contributed by atoms with van der Waals surface area (Å²) in [6.45, 7) is 0.847. The van der Waals surface area contributed by atoms with Gasteiger partial charge in [-0.3, -0.25) is 14.4 Å². The Labute approximate surface area is 271 Å². The molecule has 4 aromatic rings. The topological polar surface area (TPSA) is 105 Å². The number of ether oxygens (including phenoxy) is 1. The molecule has 0 aromatic heterocycles. The smallest absolute Gasteiger partial charge is 0.316 e. The van der Waals surface area contributed by atoms with Crippen molar-refractivity contribution in [2.45, 2.75) is 44.6 Å². The number of anilines is 1. The Bertz CT molecular complexity index is 1570. The standard InChI is InChI=1S/C39H42N2O5/c1-40-22-10-9-13-29(38(44)41-30-20-18-28(25-42)19-21-30)24-37(43)35(23-27-11-3-2-4-12-27)39(45)46-26-36-33-16-7-5-14-31(33)32-15-6-8-17-34(32)36/h2-8,11-12,14-21,29,35-36,40,42H,9-10,13,22-26H2,1H3,(H,41,44)/t29-,35+/m1/s1. The van der Waals surface area contributed by atoms with Crippen LogP contribution in [0.1, 0.15) is 53.9 Å². The van der Waals surface area contributed by atoms with Gasteiger partial charge in [0.05, 0.1) is 6.61 Å². The number of esters is 1. The zero-order chi connectivity index (χ0) is 32.3. The molecule has 2 atom stereocenters. The summed E-state index contributed by atoms with van der Waals surface area (Å²) < 4.78 is 5.98. The van der Waals surface area contributed by atoms with Crippen molar-refractivity contribution in [2.24, 2.45) is 11.8 Å². The lowest BCUT2D eigenvalue weighted by molar-refractivity contribution is -0.152. The highest BCUT2D eigenvalue weighted by molar-refractivity contribution is 6.02. The summed E-state index contributed by atoms with van der Waals surface area (Å²) in [5, 5.41) is 15.4. The molecule has 0 saturated carbocycles. The minimum absolute atomic E-state index is 0.0677. The second-order valence-electron chi connectivity index (χ2n) is 11.9. The van der Waals surface area contributed by atoms with Crippen LogP contribution in [0.25, 0.3) is 11.1 Å². The van der Waals surface area contributed by atoms with Crippen molar-refractivity contribution in [2.75, 3.05) is 25.5 Å². The first-order valence-corrected chi connectivity index (χ1v) is 16.0. The molecule has 0 saturated heterocycles. The van der Waals surface area contributed by atoms with E-state index in [9.17, 15) is 19.5 Å². The van der Waals surface area contributed by atoms with E-state index in [-0.39, 0.29) is 43.7 Å². The van der Waals surface area contributed by atoms with Crippen LogP contribution >= 0.6 is 0 Å². The number of nitrogens with one attached hydrogen (secondary N) is 2. The first kappa shape index (κ1) is 32.8. The van der Waals surface area contributed by atoms with Crippen LogP contribution in [-0.4, -0.2) is 43.0 Å². The van der Waals surface area contributed by atoms with E-state index in [1.165, 1.54) is 0 Å². The highest BCUT2D eigenvalue weighted by atomic mass is 16.5. The Morgan fingerprint density at radius 1 is 0.783 bits per heavy atom. The molecule has 7 heteroatoms. The minimum Gasteiger partial charge on any atom is -0.464 e. The number of hydrogen-bond acceptors (Lipinski definition) is 6. The summed E-state index contributed by atoms with van der Waals surface area (Å²) in [6, 6.07) is 32.7. The van der Waals surface area contributed by atoms with Gasteiger partial charge >= 0.3 is 5.97 Å². The van der Waals surface area contributed by atoms with E-state index in [4.69, 9.17) is 4.74 Å². The van der Waals surface area contributed by atoms with Gasteiger partial charge in [-0.1, -0.05) is 97.4 Å². The second-order valence-corrected chi connectivity index (χ2v) is 11.9. The fraction of sp³-hybridized carbons (Fsp3) is 0.308. The Morgan fingerprint density at radius 3 is 2.04 bits per heavy atom. The Hall–Kier alpha value is -4.59. The predicted molar refractivity (Wildman–Crippen MR) is 180 cm³/mol. The molecule has 0 heterocycles. The number of hydrogen-bond donors (Lipinski definition) is 3. The number of fused-ring (bicyclic) bond motifs is 3. The Balaban J connectivity index is 1.33. The van der Waals surface area contributed by atoms with Crippen LogP contribution in [0.4, 0.5) is 5.69 Å². The number of aliphatic hydroxyl groups excluding tert-OH is 1. The van der Waals surface area contributed by atoms with E-state index in [1.54, 1.807) is 24.3 Å². The molecule has 5 rings (SSSR count). The van der Waals surface area contributed by atoms with Gasteiger partial charge in [0.1, 0.15) is 18.3 Å². The average Bonchev–Trinajstić information content (AvgIpc) is 3.41. The molecule has 1 amide bonds. The van der Waals surface area contributed by atoms with Crippen LogP contribution in [-0.2, 0) is 32.1 Å². The Morgan fingerprint density at radius 2 is 1.41 bits per heavy atom. The van der Waals surface area contributed by atoms with Crippen LogP contribution < -0.4 is 10.6 Å². The maximum atomic E-state index is 14.0. The minimum atomic E-state index is -1.04. The molecule has 238 valence electrons. The number of Topliss-reactive ketones (excluding diaryl/α,β-unsaturated/α-hetero) is 1. The van der Waals surface area contributed by atoms with Crippen LogP contribution in [0.3, 0.4) is 0 Å². The molecule has 0 unspecified atom stereocenters. The van der Waals surface area contributed by atoms with Gasteiger partial charge in [-0.2, -0.15) is 0 Å². The van der Waals surface area contributed by atoms with Gasteiger partial charge in [0.25, 0.3) is 0 Å². The third-order valence-corrected chi connectivity index (χ3v) is 8.76. The quantitative estimate of drug-likeness (QED) is 0.0774. The molecule has 46 heavy (non-hydrogen) atoms. The maximum Gasteiger partial charge on any atom is 0.316 e. The Kier molecular flexibility index (Phi) is 11.5. The number of rotatable bonds is 16. The predicted octanol–water partition coefficient (Wildman–Crippen LogP) is 6.30. The van der Waals surface area contributed by atoms with Crippen molar-refractivity contribution in [1.29, 1.82) is 0 Å². The molecule has 1 aliphatic rings. The maximum absolute atomic E-state index is 14.0. The highest BCUT2D eigenvalue weighted by Crippen LogP contribution is 2.44. The van der Waals surface area contributed by atoms with Crippen LogP contribution in [0.5, 0.6) is 0 Å². The molecular weight excluding hydrogens is 576 g/mol. The molecule has 0 spiro atoms. The number of amides is 1. The summed E-state index contributed by atoms with van der Waals surface area (Å²) in [5.74, 6) is -2.89. The normalized spacial score (nSPS) is 13.3. The zero-order valence-electron chi connectivity index (χ0n) is 26.3. The van der Waals surface area contributed by atoms with Gasteiger partial charge in [-0.05, 0) is 78.4 Å². The summed E-state index contributed by atoms with van der Waals surface area (Å²) >= 11 is 0. The van der Waals surface area contributed by atoms with E-state index in [0.717, 1.165) is 52.8 Å². The molecule has 7 nitrogen and oxygen atoms in total. The summed E-state index contributed by atoms with van der Waals surface area (Å²) in [5.41, 5.74) is 6.66. The number of unbranched alkanes of at least 4 members (excludes halogenated alkanes) is 1. The van der Waals surface area contributed by atoms with Crippen molar-refractivity contribution in [3.8, 4) is 11.1 Å². The summed E-state index contributed by atoms with van der Waals surface area (Å²) in [4.78, 5) is 41.3. The lowest BCUT2D eigenvalue weighted by atomic mass is 9.87. The van der Waals surface area contributed by atoms with Crippen LogP contribution in [0.15, 0.2) is 103 Å². The summed E-state index contributed by atoms with van der Waals surface area (Å²) in [6.07, 6.45) is 2.26. The van der Waals surface area contributed by atoms with Crippen molar-refractivity contribution in [1.82, 2.24) is 5.32 Å². The molecule has 0 aliphatic heterocycles. The van der Waals surface area contributed by atoms with Gasteiger partial charge in [-0.15, -0.1) is 0 Å². The van der Waals surface area contributed by atoms with Gasteiger partial charge < -0.3 is 20.5 Å². The van der Waals surface area contributed by atoms with E-state index in [0.29, 0.717) is 12.1 Å². The van der Waals surface area contributed by atoms with E-state index < -0.39 is 17.8 Å². The van der Waals surface area contributed by atoms with Crippen molar-refractivity contribution in [3.63, 3.8) is 0 Å². The first-order valence-electron chi connectivity index (χ1n) is 16.0. The van der Waals surface area contributed by atoms with E-state index >= 15 is 0 Å². The molecule has 4 aromatic carbocycles. The monoisotopic (exact) mass is 618 g/mol. The number of benzene rings is 4. The number of aliphatic hydroxyl groups is 1. The SMILES string of the molecule is CNCCCC[C@H](CC(=O)[C@H](Cc1ccccc1)C(=O)OCC1c2ccccc2-c2ccccc21)C(=O)Nc1ccc(CO)cc1. The molecular formula is C39H42N2O5. The van der Waals surface area contributed by atoms with Crippen molar-refractivity contribution >= 4 is 23.3 Å². The fourth-order valence-electron chi connectivity index (χ4n) is 6.23. The second kappa shape index (κ2) is 16.1. The lowest BCUT2D eigenvalue weighted by Crippen LogP contribution is -2.33. The summed E-state index contributed by atoms with van der Waals surface area (Å²) in [7, 11) is 1.88. The first-order chi connectivity index (χ1) is 22.5. The molecule has 3 N–H and O–H groups in total. The van der Waals surface area contributed by atoms with E-state index in [1.807, 2.05) is 61.6 Å². The van der Waals surface area contributed by atoms with Crippen molar-refractivity contribution in [3.05, 3.63) is 125 Å². The molecule has 1 aliphatic carbocycles. The zero-order valence-corrected chi connectivity index (χ0v) is 26.3. The lowest BCUT2D eigenvalue weighted by Gasteiger charge is -2.21. The largest absolute Gasteiger partial charge is 0.464 e. The van der Waals surface area contributed by atoms with Gasteiger partial charge in [0.15, 0.2) is 0 Å². The van der Waals surface area contributed by atoms with Gasteiger partial charge in [0, 0.05) is 23.9 Å². The molecule has 0 fully saturated rings. The average molecular weight is 619 g/mol. The number of carbonyl (C=O) groups is 3. The van der Waals surface area contributed by atoms with Crippen molar-refractivity contribution < 1.29 is 24.2 Å². The third kappa shape index (κ3) is 8.16. The molecule has 0 bridgehead atoms. The number of carbonyl (C=O) groups excluding carboxylic acids is 3. The van der Waals surface area contributed by atoms with E-state index in [2.05, 4.69) is 34.9 Å². The van der Waals surface area contributed by atoms with Crippen LogP contribution in [0.2, 0.25) is 0 Å². The highest BCUT2D eigenvalue weighted by Gasteiger charge is 2.34. The molecule has 0 radical (unpaired) electrons. The van der Waals surface area contributed by atoms with Gasteiger partial charge in [0.2, 0.25) is 5.91 Å². The number of ketones is 1. The van der Waals surface area contributed by atoms with Crippen LogP contribution in [0, 0.1) is 11.8 Å². The fourth-order valence-corrected chi connectivity index (χ4v) is 6.23. The van der Waals surface area contributed by atoms with Gasteiger partial charge in [-0.25, -0.2) is 0 Å². The third-order valence-electron chi connectivity index (χ3n) is 8.76.